The number of aromatic nitrogens is 1. The normalized spacial score (nSPS) is 12.4. The van der Waals surface area contributed by atoms with Crippen molar-refractivity contribution in [3.63, 3.8) is 0 Å². The average Bonchev–Trinajstić information content (AvgIpc) is 2.75. The number of nitrogens with zero attached hydrogens (tertiary/aromatic N) is 1. The predicted octanol–water partition coefficient (Wildman–Crippen LogP) is 3.21. The monoisotopic (exact) mass is 233 g/mol. The minimum atomic E-state index is 0.185. The molecule has 1 aromatic carbocycles. The molecule has 0 spiro atoms. The van der Waals surface area contributed by atoms with Gasteiger partial charge in [-0.15, -0.1) is 11.3 Å². The molecule has 2 aromatic rings. The lowest BCUT2D eigenvalue weighted by Gasteiger charge is -2.14. The van der Waals surface area contributed by atoms with Crippen molar-refractivity contribution in [2.45, 2.75) is 19.9 Å². The fourth-order valence-electron chi connectivity index (χ4n) is 1.56. The summed E-state index contributed by atoms with van der Waals surface area (Å²) in [6, 6.07) is 6.21. The predicted molar refractivity (Wildman–Crippen MR) is 69.7 cm³/mol. The first-order valence-electron chi connectivity index (χ1n) is 5.19. The van der Waals surface area contributed by atoms with Crippen LogP contribution in [0.5, 0.6) is 0 Å². The van der Waals surface area contributed by atoms with Crippen molar-refractivity contribution < 1.29 is 0 Å². The van der Waals surface area contributed by atoms with Crippen LogP contribution in [0.15, 0.2) is 29.8 Å². The van der Waals surface area contributed by atoms with E-state index in [-0.39, 0.29) is 6.04 Å². The third-order valence-corrected chi connectivity index (χ3v) is 3.36. The highest BCUT2D eigenvalue weighted by Crippen LogP contribution is 2.25. The van der Waals surface area contributed by atoms with Crippen molar-refractivity contribution in [3.05, 3.63) is 40.3 Å². The van der Waals surface area contributed by atoms with Crippen LogP contribution in [0.2, 0.25) is 0 Å². The van der Waals surface area contributed by atoms with Crippen LogP contribution in [0.4, 0.5) is 11.4 Å². The molecule has 0 bridgehead atoms. The van der Waals surface area contributed by atoms with E-state index in [2.05, 4.69) is 17.2 Å². The lowest BCUT2D eigenvalue weighted by atomic mass is 10.2. The van der Waals surface area contributed by atoms with Crippen LogP contribution < -0.4 is 11.1 Å². The van der Waals surface area contributed by atoms with Gasteiger partial charge in [0, 0.05) is 11.6 Å². The zero-order valence-corrected chi connectivity index (χ0v) is 10.2. The second kappa shape index (κ2) is 4.53. The first kappa shape index (κ1) is 11.0. The number of benzene rings is 1. The zero-order chi connectivity index (χ0) is 11.5. The number of anilines is 2. The second-order valence-electron chi connectivity index (χ2n) is 3.83. The molecule has 16 heavy (non-hydrogen) atoms. The zero-order valence-electron chi connectivity index (χ0n) is 9.40. The second-order valence-corrected chi connectivity index (χ2v) is 4.75. The summed E-state index contributed by atoms with van der Waals surface area (Å²) in [5.41, 5.74) is 8.86. The van der Waals surface area contributed by atoms with Crippen LogP contribution in [-0.2, 0) is 0 Å². The third kappa shape index (κ3) is 2.33. The highest BCUT2D eigenvalue weighted by atomic mass is 32.1. The summed E-state index contributed by atoms with van der Waals surface area (Å²) in [6.45, 7) is 4.11. The summed E-state index contributed by atoms with van der Waals surface area (Å²) in [4.78, 5) is 4.27. The molecule has 1 unspecified atom stereocenters. The fraction of sp³-hybridized carbons (Fsp3) is 0.250. The third-order valence-electron chi connectivity index (χ3n) is 2.40. The Kier molecular flexibility index (Phi) is 3.10. The minimum Gasteiger partial charge on any atom is -0.397 e. The van der Waals surface area contributed by atoms with Gasteiger partial charge in [0.25, 0.3) is 0 Å². The summed E-state index contributed by atoms with van der Waals surface area (Å²) in [6.07, 6.45) is 1.82. The summed E-state index contributed by atoms with van der Waals surface area (Å²) in [7, 11) is 0. The van der Waals surface area contributed by atoms with Gasteiger partial charge in [-0.2, -0.15) is 0 Å². The van der Waals surface area contributed by atoms with Gasteiger partial charge in [0.15, 0.2) is 0 Å². The van der Waals surface area contributed by atoms with Gasteiger partial charge in [-0.3, -0.25) is 0 Å². The van der Waals surface area contributed by atoms with Gasteiger partial charge < -0.3 is 11.1 Å². The summed E-state index contributed by atoms with van der Waals surface area (Å²) >= 11 is 1.64. The van der Waals surface area contributed by atoms with E-state index in [9.17, 15) is 0 Å². The van der Waals surface area contributed by atoms with Gasteiger partial charge in [-0.25, -0.2) is 4.98 Å². The molecule has 0 saturated carbocycles. The lowest BCUT2D eigenvalue weighted by Crippen LogP contribution is -2.08. The lowest BCUT2D eigenvalue weighted by molar-refractivity contribution is 0.870. The van der Waals surface area contributed by atoms with Crippen molar-refractivity contribution in [1.29, 1.82) is 0 Å². The Morgan fingerprint density at radius 3 is 2.88 bits per heavy atom. The van der Waals surface area contributed by atoms with Gasteiger partial charge in [0.1, 0.15) is 5.01 Å². The van der Waals surface area contributed by atoms with Crippen LogP contribution >= 0.6 is 11.3 Å². The molecule has 1 aromatic heterocycles. The number of nitrogens with two attached hydrogens (primary N) is 1. The highest BCUT2D eigenvalue weighted by molar-refractivity contribution is 7.09. The first-order valence-corrected chi connectivity index (χ1v) is 6.07. The summed E-state index contributed by atoms with van der Waals surface area (Å²) in [5.74, 6) is 0. The van der Waals surface area contributed by atoms with E-state index in [1.807, 2.05) is 36.7 Å². The molecule has 3 N–H and O–H groups in total. The van der Waals surface area contributed by atoms with Gasteiger partial charge in [0.05, 0.1) is 17.4 Å². The molecule has 1 heterocycles. The van der Waals surface area contributed by atoms with Crippen LogP contribution in [0.3, 0.4) is 0 Å². The SMILES string of the molecule is Cc1ccc(NC(C)c2nccs2)c(N)c1. The van der Waals surface area contributed by atoms with E-state index in [1.54, 1.807) is 11.3 Å². The Balaban J connectivity index is 2.15. The van der Waals surface area contributed by atoms with Crippen LogP contribution in [0.25, 0.3) is 0 Å². The van der Waals surface area contributed by atoms with Crippen molar-refractivity contribution in [2.75, 3.05) is 11.1 Å². The number of hydrogen-bond donors (Lipinski definition) is 2. The smallest absolute Gasteiger partial charge is 0.115 e. The van der Waals surface area contributed by atoms with Gasteiger partial charge in [0.2, 0.25) is 0 Å². The minimum absolute atomic E-state index is 0.185. The number of hydrogen-bond acceptors (Lipinski definition) is 4. The van der Waals surface area contributed by atoms with E-state index in [0.29, 0.717) is 0 Å². The van der Waals surface area contributed by atoms with Crippen LogP contribution in [-0.4, -0.2) is 4.98 Å². The maximum absolute atomic E-state index is 5.94. The topological polar surface area (TPSA) is 50.9 Å². The number of aryl methyl sites for hydroxylation is 1. The Labute approximate surface area is 99.3 Å². The quantitative estimate of drug-likeness (QED) is 0.800. The van der Waals surface area contributed by atoms with E-state index < -0.39 is 0 Å². The number of nitrogen functional groups attached to an aromatic ring is 1. The molecule has 0 amide bonds. The number of thiazole rings is 1. The largest absolute Gasteiger partial charge is 0.397 e. The summed E-state index contributed by atoms with van der Waals surface area (Å²) in [5, 5.41) is 6.41. The van der Waals surface area contributed by atoms with Gasteiger partial charge in [-0.1, -0.05) is 6.07 Å². The highest BCUT2D eigenvalue weighted by Gasteiger charge is 2.09. The number of nitrogens with one attached hydrogen (secondary N) is 1. The van der Waals surface area contributed by atoms with Crippen molar-refractivity contribution in [1.82, 2.24) is 4.98 Å². The van der Waals surface area contributed by atoms with E-state index in [1.165, 1.54) is 5.56 Å². The van der Waals surface area contributed by atoms with Gasteiger partial charge in [-0.05, 0) is 31.5 Å². The molecular formula is C12H15N3S. The molecule has 1 atom stereocenters. The molecule has 0 radical (unpaired) electrons. The molecule has 2 rings (SSSR count). The maximum Gasteiger partial charge on any atom is 0.115 e. The molecule has 3 nitrogen and oxygen atoms in total. The fourth-order valence-corrected chi connectivity index (χ4v) is 2.20. The molecule has 0 aliphatic rings. The Bertz CT molecular complexity index is 465. The van der Waals surface area contributed by atoms with Crippen LogP contribution in [0.1, 0.15) is 23.5 Å². The standard InChI is InChI=1S/C12H15N3S/c1-8-3-4-11(10(13)7-8)15-9(2)12-14-5-6-16-12/h3-7,9,15H,13H2,1-2H3. The Hall–Kier alpha value is -1.55. The molecular weight excluding hydrogens is 218 g/mol. The van der Waals surface area contributed by atoms with E-state index in [4.69, 9.17) is 5.73 Å². The molecule has 4 heteroatoms. The van der Waals surface area contributed by atoms with Crippen molar-refractivity contribution in [3.8, 4) is 0 Å². The molecule has 0 aliphatic carbocycles. The maximum atomic E-state index is 5.94. The van der Waals surface area contributed by atoms with E-state index >= 15 is 0 Å². The number of rotatable bonds is 3. The Morgan fingerprint density at radius 2 is 2.25 bits per heavy atom. The molecule has 0 aliphatic heterocycles. The molecule has 0 saturated heterocycles. The average molecular weight is 233 g/mol. The molecule has 84 valence electrons. The van der Waals surface area contributed by atoms with Crippen molar-refractivity contribution in [2.24, 2.45) is 0 Å². The van der Waals surface area contributed by atoms with Gasteiger partial charge >= 0.3 is 0 Å². The Morgan fingerprint density at radius 1 is 1.44 bits per heavy atom. The first-order chi connectivity index (χ1) is 7.66. The molecule has 0 fully saturated rings. The van der Waals surface area contributed by atoms with E-state index in [0.717, 1.165) is 16.4 Å². The summed E-state index contributed by atoms with van der Waals surface area (Å²) < 4.78 is 0. The van der Waals surface area contributed by atoms with Crippen LogP contribution in [0, 0.1) is 6.92 Å². The van der Waals surface area contributed by atoms with Crippen molar-refractivity contribution >= 4 is 22.7 Å².